The third-order valence-electron chi connectivity index (χ3n) is 5.04. The molecule has 24 heavy (non-hydrogen) atoms. The van der Waals surface area contributed by atoms with Crippen LogP contribution in [0.15, 0.2) is 36.4 Å². The van der Waals surface area contributed by atoms with Gasteiger partial charge >= 0.3 is 5.97 Å². The summed E-state index contributed by atoms with van der Waals surface area (Å²) in [4.78, 5) is 27.3. The first kappa shape index (κ1) is 15.4. The van der Waals surface area contributed by atoms with Gasteiger partial charge in [0.05, 0.1) is 24.7 Å². The van der Waals surface area contributed by atoms with Crippen molar-refractivity contribution in [3.05, 3.63) is 42.0 Å². The first-order valence-corrected chi connectivity index (χ1v) is 8.37. The van der Waals surface area contributed by atoms with E-state index in [-0.39, 0.29) is 24.1 Å². The molecule has 0 N–H and O–H groups in total. The normalized spacial score (nSPS) is 33.4. The van der Waals surface area contributed by atoms with Gasteiger partial charge in [-0.05, 0) is 38.5 Å². The summed E-state index contributed by atoms with van der Waals surface area (Å²) in [7, 11) is 0. The van der Waals surface area contributed by atoms with Gasteiger partial charge in [0.1, 0.15) is 11.5 Å². The minimum Gasteiger partial charge on any atom is -0.463 e. The van der Waals surface area contributed by atoms with Crippen molar-refractivity contribution in [2.75, 3.05) is 11.4 Å². The van der Waals surface area contributed by atoms with Gasteiger partial charge in [0.25, 0.3) is 0 Å². The third kappa shape index (κ3) is 2.11. The first-order chi connectivity index (χ1) is 11.4. The Labute approximate surface area is 141 Å². The van der Waals surface area contributed by atoms with Gasteiger partial charge in [0.15, 0.2) is 0 Å². The van der Waals surface area contributed by atoms with Crippen molar-refractivity contribution in [2.24, 2.45) is 11.8 Å². The highest BCUT2D eigenvalue weighted by molar-refractivity contribution is 6.02. The van der Waals surface area contributed by atoms with Crippen LogP contribution in [-0.4, -0.2) is 36.2 Å². The van der Waals surface area contributed by atoms with Gasteiger partial charge in [-0.25, -0.2) is 0 Å². The van der Waals surface area contributed by atoms with E-state index in [0.717, 1.165) is 11.3 Å². The van der Waals surface area contributed by atoms with E-state index in [0.29, 0.717) is 6.54 Å². The van der Waals surface area contributed by atoms with Crippen LogP contribution in [0.5, 0.6) is 0 Å². The molecule has 4 rings (SSSR count). The lowest BCUT2D eigenvalue weighted by Gasteiger charge is -2.23. The summed E-state index contributed by atoms with van der Waals surface area (Å²) in [6.45, 7) is 6.06. The van der Waals surface area contributed by atoms with Gasteiger partial charge in [-0.15, -0.1) is 0 Å². The van der Waals surface area contributed by atoms with Crippen LogP contribution in [0.2, 0.25) is 0 Å². The fourth-order valence-electron chi connectivity index (χ4n) is 4.09. The molecule has 1 aromatic carbocycles. The van der Waals surface area contributed by atoms with Crippen molar-refractivity contribution in [1.29, 1.82) is 0 Å². The summed E-state index contributed by atoms with van der Waals surface area (Å²) in [5.74, 6) is -1.46. The highest BCUT2D eigenvalue weighted by atomic mass is 16.6. The highest BCUT2D eigenvalue weighted by Crippen LogP contribution is 2.52. The molecule has 1 aromatic rings. The van der Waals surface area contributed by atoms with Gasteiger partial charge in [-0.3, -0.25) is 9.59 Å². The van der Waals surface area contributed by atoms with Crippen LogP contribution >= 0.6 is 0 Å². The average molecular weight is 327 g/mol. The smallest absolute Gasteiger partial charge is 0.313 e. The van der Waals surface area contributed by atoms with Gasteiger partial charge in [-0.2, -0.15) is 0 Å². The number of ether oxygens (including phenoxy) is 2. The number of carbonyl (C=O) groups excluding carboxylic acids is 2. The number of carbonyl (C=O) groups is 2. The molecule has 0 aromatic heterocycles. The number of anilines is 1. The molecule has 3 heterocycles. The lowest BCUT2D eigenvalue weighted by atomic mass is 9.77. The second-order valence-corrected chi connectivity index (χ2v) is 7.15. The molecule has 5 nitrogen and oxygen atoms in total. The second-order valence-electron chi connectivity index (χ2n) is 7.15. The number of aryl methyl sites for hydroxylation is 1. The molecule has 0 saturated carbocycles. The van der Waals surface area contributed by atoms with Crippen molar-refractivity contribution >= 4 is 17.6 Å². The maximum Gasteiger partial charge on any atom is 0.313 e. The molecule has 4 unspecified atom stereocenters. The lowest BCUT2D eigenvalue weighted by Crippen LogP contribution is -2.40. The molecule has 0 radical (unpaired) electrons. The summed E-state index contributed by atoms with van der Waals surface area (Å²) >= 11 is 0. The quantitative estimate of drug-likeness (QED) is 0.631. The maximum atomic E-state index is 13.1. The highest BCUT2D eigenvalue weighted by Gasteiger charge is 2.67. The standard InChI is InChI=1S/C19H21NO4/c1-11(2)23-18(22)15-14-7-8-19(24-14)10-20(17(21)16(15)19)13-6-4-5-12(3)9-13/h4-9,11,14-16H,10H2,1-3H3. The Morgan fingerprint density at radius 3 is 2.92 bits per heavy atom. The molecule has 0 aliphatic carbocycles. The SMILES string of the molecule is Cc1cccc(N2CC34C=CC(O3)C(C(=O)OC(C)C)C4C2=O)c1. The van der Waals surface area contributed by atoms with Crippen LogP contribution < -0.4 is 4.90 Å². The van der Waals surface area contributed by atoms with Crippen LogP contribution in [0.25, 0.3) is 0 Å². The summed E-state index contributed by atoms with van der Waals surface area (Å²) < 4.78 is 11.5. The van der Waals surface area contributed by atoms with Crippen LogP contribution in [-0.2, 0) is 19.1 Å². The van der Waals surface area contributed by atoms with Crippen molar-refractivity contribution in [2.45, 2.75) is 38.6 Å². The van der Waals surface area contributed by atoms with E-state index >= 15 is 0 Å². The number of amides is 1. The molecule has 5 heteroatoms. The van der Waals surface area contributed by atoms with E-state index in [1.54, 1.807) is 4.90 Å². The average Bonchev–Trinajstić information content (AvgIpc) is 3.15. The summed E-state index contributed by atoms with van der Waals surface area (Å²) in [6.07, 6.45) is 3.29. The van der Waals surface area contributed by atoms with Gasteiger partial charge in [-0.1, -0.05) is 24.3 Å². The van der Waals surface area contributed by atoms with E-state index in [1.807, 2.05) is 57.2 Å². The number of nitrogens with zero attached hydrogens (tertiary/aromatic N) is 1. The molecule has 2 fully saturated rings. The number of benzene rings is 1. The van der Waals surface area contributed by atoms with Crippen molar-refractivity contribution in [1.82, 2.24) is 0 Å². The molecule has 1 spiro atoms. The zero-order valence-electron chi connectivity index (χ0n) is 14.1. The van der Waals surface area contributed by atoms with Crippen LogP contribution in [0.4, 0.5) is 5.69 Å². The van der Waals surface area contributed by atoms with E-state index < -0.39 is 17.4 Å². The second kappa shape index (κ2) is 5.18. The van der Waals surface area contributed by atoms with Crippen molar-refractivity contribution in [3.63, 3.8) is 0 Å². The molecular weight excluding hydrogens is 306 g/mol. The number of rotatable bonds is 3. The summed E-state index contributed by atoms with van der Waals surface area (Å²) in [6, 6.07) is 7.82. The van der Waals surface area contributed by atoms with Crippen LogP contribution in [0, 0.1) is 18.8 Å². The molecule has 126 valence electrons. The predicted octanol–water partition coefficient (Wildman–Crippen LogP) is 2.23. The van der Waals surface area contributed by atoms with Crippen LogP contribution in [0.1, 0.15) is 19.4 Å². The predicted molar refractivity (Wildman–Crippen MR) is 88.5 cm³/mol. The summed E-state index contributed by atoms with van der Waals surface area (Å²) in [5, 5.41) is 0. The number of esters is 1. The van der Waals surface area contributed by atoms with E-state index in [1.165, 1.54) is 0 Å². The van der Waals surface area contributed by atoms with E-state index in [2.05, 4.69) is 0 Å². The fourth-order valence-corrected chi connectivity index (χ4v) is 4.09. The Morgan fingerprint density at radius 1 is 1.42 bits per heavy atom. The van der Waals surface area contributed by atoms with Crippen LogP contribution in [0.3, 0.4) is 0 Å². The Kier molecular flexibility index (Phi) is 3.32. The number of hydrogen-bond donors (Lipinski definition) is 0. The van der Waals surface area contributed by atoms with E-state index in [9.17, 15) is 9.59 Å². The zero-order valence-corrected chi connectivity index (χ0v) is 14.1. The molecule has 3 aliphatic heterocycles. The number of fused-ring (bicyclic) bond motifs is 1. The Morgan fingerprint density at radius 2 is 2.21 bits per heavy atom. The molecule has 3 aliphatic rings. The lowest BCUT2D eigenvalue weighted by molar-refractivity contribution is -0.156. The Hall–Kier alpha value is -2.14. The maximum absolute atomic E-state index is 13.1. The minimum atomic E-state index is -0.702. The van der Waals surface area contributed by atoms with Gasteiger partial charge in [0.2, 0.25) is 5.91 Å². The van der Waals surface area contributed by atoms with Gasteiger partial charge < -0.3 is 14.4 Å². The fraction of sp³-hybridized carbons (Fsp3) is 0.474. The minimum absolute atomic E-state index is 0.0573. The van der Waals surface area contributed by atoms with Crippen molar-refractivity contribution in [3.8, 4) is 0 Å². The van der Waals surface area contributed by atoms with Crippen molar-refractivity contribution < 1.29 is 19.1 Å². The Balaban J connectivity index is 1.68. The van der Waals surface area contributed by atoms with E-state index in [4.69, 9.17) is 9.47 Å². The number of hydrogen-bond acceptors (Lipinski definition) is 4. The molecule has 4 atom stereocenters. The topological polar surface area (TPSA) is 55.8 Å². The molecule has 2 bridgehead atoms. The monoisotopic (exact) mass is 327 g/mol. The van der Waals surface area contributed by atoms with Gasteiger partial charge in [0, 0.05) is 5.69 Å². The Bertz CT molecular complexity index is 741. The first-order valence-electron chi connectivity index (χ1n) is 8.37. The molecular formula is C19H21NO4. The largest absolute Gasteiger partial charge is 0.463 e. The molecule has 2 saturated heterocycles. The zero-order chi connectivity index (χ0) is 17.1. The third-order valence-corrected chi connectivity index (χ3v) is 5.04. The summed E-state index contributed by atoms with van der Waals surface area (Å²) in [5.41, 5.74) is 1.23. The molecule has 1 amide bonds.